The van der Waals surface area contributed by atoms with Crippen LogP contribution in [0, 0.1) is 0 Å². The van der Waals surface area contributed by atoms with Crippen LogP contribution in [-0.4, -0.2) is 127 Å². The van der Waals surface area contributed by atoms with E-state index < -0.39 is 7.92 Å². The highest BCUT2D eigenvalue weighted by Gasteiger charge is 2.33. The quantitative estimate of drug-likeness (QED) is 0.270. The van der Waals surface area contributed by atoms with E-state index in [0.717, 1.165) is 0 Å². The van der Waals surface area contributed by atoms with E-state index in [1.807, 2.05) is 0 Å². The molecule has 0 bridgehead atoms. The molecule has 0 aliphatic rings. The summed E-state index contributed by atoms with van der Waals surface area (Å²) in [4.78, 5) is 20.4. The largest absolute Gasteiger partial charge is 0.376 e. The molecule has 46 heavy (non-hydrogen) atoms. The van der Waals surface area contributed by atoms with Gasteiger partial charge in [0.05, 0.1) is 51.2 Å². The molecular weight excluding hydrogens is 589 g/mol. The summed E-state index contributed by atoms with van der Waals surface area (Å²) in [5.41, 5.74) is 11.0. The van der Waals surface area contributed by atoms with Gasteiger partial charge in [-0.2, -0.15) is 0 Å². The van der Waals surface area contributed by atoms with Gasteiger partial charge in [0.1, 0.15) is 0 Å². The summed E-state index contributed by atoms with van der Waals surface area (Å²) in [6, 6.07) is 14.1. The second-order valence-electron chi connectivity index (χ2n) is 13.8. The zero-order valence-electron chi connectivity index (χ0n) is 31.9. The van der Waals surface area contributed by atoms with Crippen LogP contribution in [0.1, 0.15) is 0 Å². The third-order valence-corrected chi connectivity index (χ3v) is 10.7. The smallest absolute Gasteiger partial charge is 0.0843 e. The Balaban J connectivity index is 2.75. The van der Waals surface area contributed by atoms with Gasteiger partial charge >= 0.3 is 0 Å². The van der Waals surface area contributed by atoms with Crippen molar-refractivity contribution in [2.24, 2.45) is 0 Å². The Morgan fingerprint density at radius 3 is 0.609 bits per heavy atom. The first-order chi connectivity index (χ1) is 21.3. The molecule has 0 saturated heterocycles. The molecule has 0 N–H and O–H groups in total. The van der Waals surface area contributed by atoms with Crippen LogP contribution >= 0.6 is 7.92 Å². The second kappa shape index (κ2) is 14.4. The highest BCUT2D eigenvalue weighted by Crippen LogP contribution is 2.51. The van der Waals surface area contributed by atoms with Gasteiger partial charge < -0.3 is 44.1 Å². The monoisotopic (exact) mass is 649 g/mol. The van der Waals surface area contributed by atoms with Crippen LogP contribution in [0.2, 0.25) is 0 Å². The van der Waals surface area contributed by atoms with Gasteiger partial charge in [0.2, 0.25) is 0 Å². The number of hydrogen-bond donors (Lipinski definition) is 0. The average molecular weight is 650 g/mol. The third kappa shape index (κ3) is 6.85. The van der Waals surface area contributed by atoms with Crippen molar-refractivity contribution in [3.05, 3.63) is 36.4 Å². The predicted octanol–water partition coefficient (Wildman–Crippen LogP) is 4.04. The van der Waals surface area contributed by atoms with Crippen molar-refractivity contribution < 1.29 is 0 Å². The first-order valence-corrected chi connectivity index (χ1v) is 17.1. The molecule has 0 spiro atoms. The van der Waals surface area contributed by atoms with Gasteiger partial charge in [-0.25, -0.2) is 0 Å². The van der Waals surface area contributed by atoms with Crippen LogP contribution in [0.5, 0.6) is 0 Å². The van der Waals surface area contributed by atoms with Crippen molar-refractivity contribution in [2.75, 3.05) is 171 Å². The number of anilines is 9. The molecule has 0 fully saturated rings. The summed E-state index contributed by atoms with van der Waals surface area (Å²) in [5, 5.41) is 3.97. The summed E-state index contributed by atoms with van der Waals surface area (Å²) in [6.45, 7) is 0. The topological polar surface area (TPSA) is 29.2 Å². The van der Waals surface area contributed by atoms with Crippen molar-refractivity contribution >= 4 is 75.0 Å². The molecule has 0 amide bonds. The van der Waals surface area contributed by atoms with E-state index in [0.29, 0.717) is 0 Å². The summed E-state index contributed by atoms with van der Waals surface area (Å²) < 4.78 is 0. The maximum absolute atomic E-state index is 2.38. The van der Waals surface area contributed by atoms with Crippen LogP contribution in [-0.2, 0) is 0 Å². The second-order valence-corrected chi connectivity index (χ2v) is 15.9. The maximum atomic E-state index is 2.38. The number of nitrogens with zero attached hydrogens (tertiary/aromatic N) is 9. The van der Waals surface area contributed by atoms with Crippen LogP contribution in [0.3, 0.4) is 0 Å². The Morgan fingerprint density at radius 1 is 0.261 bits per heavy atom. The van der Waals surface area contributed by atoms with E-state index in [1.54, 1.807) is 0 Å². The van der Waals surface area contributed by atoms with Gasteiger partial charge in [-0.15, -0.1) is 0 Å². The minimum Gasteiger partial charge on any atom is -0.376 e. The molecule has 0 radical (unpaired) electrons. The fourth-order valence-electron chi connectivity index (χ4n) is 6.33. The lowest BCUT2D eigenvalue weighted by atomic mass is 10.1. The lowest BCUT2D eigenvalue weighted by molar-refractivity contribution is 1.05. The molecule has 10 heteroatoms. The fraction of sp³-hybridized carbons (Fsp3) is 0.500. The van der Waals surface area contributed by atoms with Gasteiger partial charge in [-0.05, 0) is 44.3 Å². The van der Waals surface area contributed by atoms with Gasteiger partial charge in [0, 0.05) is 143 Å². The van der Waals surface area contributed by atoms with Gasteiger partial charge in [0.15, 0.2) is 0 Å². The van der Waals surface area contributed by atoms with Crippen molar-refractivity contribution in [2.45, 2.75) is 0 Å². The standard InChI is InChI=1S/C36H60N9P/c1-37(2)25-19-22-28(34(43(13)14)31(25)40(7)8)46(29-23-20-26(38(3)4)32(41(9)10)35(29)44(15)16)30-24-21-27(39(5)6)33(42(11)12)36(30)45(17)18/h19-24H,1-18H3. The normalized spacial score (nSPS) is 11.0. The molecule has 3 rings (SSSR count). The van der Waals surface area contributed by atoms with Crippen molar-refractivity contribution in [3.63, 3.8) is 0 Å². The van der Waals surface area contributed by atoms with Gasteiger partial charge in [-0.1, -0.05) is 0 Å². The molecule has 0 unspecified atom stereocenters. The predicted molar refractivity (Wildman–Crippen MR) is 214 cm³/mol. The molecule has 0 aliphatic carbocycles. The van der Waals surface area contributed by atoms with Crippen molar-refractivity contribution in [3.8, 4) is 0 Å². The Morgan fingerprint density at radius 2 is 0.457 bits per heavy atom. The summed E-state index contributed by atoms with van der Waals surface area (Å²) in [7, 11) is 37.7. The van der Waals surface area contributed by atoms with Gasteiger partial charge in [-0.3, -0.25) is 0 Å². The average Bonchev–Trinajstić information content (AvgIpc) is 2.95. The molecule has 3 aromatic rings. The lowest BCUT2D eigenvalue weighted by Gasteiger charge is -2.38. The zero-order chi connectivity index (χ0) is 34.9. The Labute approximate surface area is 281 Å². The van der Waals surface area contributed by atoms with Crippen LogP contribution in [0.4, 0.5) is 51.2 Å². The Bertz CT molecular complexity index is 1330. The third-order valence-electron chi connectivity index (χ3n) is 8.18. The van der Waals surface area contributed by atoms with Crippen LogP contribution in [0.15, 0.2) is 36.4 Å². The molecule has 254 valence electrons. The van der Waals surface area contributed by atoms with Crippen LogP contribution in [0.25, 0.3) is 0 Å². The van der Waals surface area contributed by atoms with E-state index in [1.165, 1.54) is 67.1 Å². The molecule has 0 saturated carbocycles. The molecule has 0 atom stereocenters. The van der Waals surface area contributed by atoms with E-state index >= 15 is 0 Å². The lowest BCUT2D eigenvalue weighted by Crippen LogP contribution is -2.35. The molecule has 0 heterocycles. The summed E-state index contributed by atoms with van der Waals surface area (Å²) in [6.07, 6.45) is 0. The summed E-state index contributed by atoms with van der Waals surface area (Å²) in [5.74, 6) is 0. The summed E-state index contributed by atoms with van der Waals surface area (Å²) >= 11 is 0. The van der Waals surface area contributed by atoms with Gasteiger partial charge in [0.25, 0.3) is 0 Å². The van der Waals surface area contributed by atoms with Crippen molar-refractivity contribution in [1.29, 1.82) is 0 Å². The molecule has 0 aliphatic heterocycles. The molecule has 3 aromatic carbocycles. The minimum atomic E-state index is -1.08. The number of rotatable bonds is 12. The highest BCUT2D eigenvalue weighted by atomic mass is 31.1. The molecule has 9 nitrogen and oxygen atoms in total. The number of benzene rings is 3. The first-order valence-electron chi connectivity index (χ1n) is 15.7. The maximum Gasteiger partial charge on any atom is 0.0843 e. The molecule has 0 aromatic heterocycles. The minimum absolute atomic E-state index is 1.08. The fourth-order valence-corrected chi connectivity index (χ4v) is 9.34. The van der Waals surface area contributed by atoms with E-state index in [9.17, 15) is 0 Å². The molecular formula is C36H60N9P. The van der Waals surface area contributed by atoms with E-state index in [4.69, 9.17) is 0 Å². The van der Waals surface area contributed by atoms with E-state index in [2.05, 4.69) is 207 Å². The number of hydrogen-bond acceptors (Lipinski definition) is 9. The first kappa shape index (κ1) is 36.8. The van der Waals surface area contributed by atoms with E-state index in [-0.39, 0.29) is 0 Å². The zero-order valence-corrected chi connectivity index (χ0v) is 32.8. The van der Waals surface area contributed by atoms with Crippen LogP contribution < -0.4 is 60.0 Å². The Hall–Kier alpha value is -3.71. The van der Waals surface area contributed by atoms with Crippen molar-refractivity contribution in [1.82, 2.24) is 0 Å². The Kier molecular flexibility index (Phi) is 11.5. The SMILES string of the molecule is CN(C)c1ccc(P(c2ccc(N(C)C)c(N(C)C)c2N(C)C)c2ccc(N(C)C)c(N(C)C)c2N(C)C)c(N(C)C)c1N(C)C. The highest BCUT2D eigenvalue weighted by molar-refractivity contribution is 7.80.